The van der Waals surface area contributed by atoms with Crippen LogP contribution in [0.2, 0.25) is 0 Å². The van der Waals surface area contributed by atoms with Crippen molar-refractivity contribution in [2.45, 2.75) is 18.9 Å². The van der Waals surface area contributed by atoms with Crippen molar-refractivity contribution in [1.29, 1.82) is 0 Å². The molecule has 0 saturated heterocycles. The summed E-state index contributed by atoms with van der Waals surface area (Å²) in [5, 5.41) is 10.1. The van der Waals surface area contributed by atoms with E-state index in [0.29, 0.717) is 6.42 Å². The number of carbonyl (C=O) groups excluding carboxylic acids is 1. The van der Waals surface area contributed by atoms with Crippen molar-refractivity contribution in [3.05, 3.63) is 48.0 Å². The number of allylic oxidation sites excluding steroid dienone is 1. The maximum absolute atomic E-state index is 11.0. The van der Waals surface area contributed by atoms with E-state index < -0.39 is 6.10 Å². The van der Waals surface area contributed by atoms with Gasteiger partial charge in [-0.3, -0.25) is 4.79 Å². The highest BCUT2D eigenvalue weighted by molar-refractivity contribution is 5.90. The van der Waals surface area contributed by atoms with Crippen molar-refractivity contribution in [2.24, 2.45) is 5.92 Å². The summed E-state index contributed by atoms with van der Waals surface area (Å²) in [6.07, 6.45) is 4.20. The molecule has 1 aromatic rings. The topological polar surface area (TPSA) is 37.3 Å². The predicted molar refractivity (Wildman–Crippen MR) is 58.3 cm³/mol. The first-order chi connectivity index (χ1) is 7.27. The van der Waals surface area contributed by atoms with Crippen LogP contribution in [-0.2, 0) is 4.79 Å². The molecule has 0 aromatic heterocycles. The standard InChI is InChI=1S/C13H14O2/c14-12-8-6-11(7-9-12)13(15)10-4-2-1-3-5-10/h1-6,8,11,13,15H,7,9H2. The summed E-state index contributed by atoms with van der Waals surface area (Å²) in [6, 6.07) is 9.58. The summed E-state index contributed by atoms with van der Waals surface area (Å²) in [6.45, 7) is 0. The molecule has 0 spiro atoms. The summed E-state index contributed by atoms with van der Waals surface area (Å²) in [4.78, 5) is 11.0. The molecule has 78 valence electrons. The van der Waals surface area contributed by atoms with Gasteiger partial charge in [0.2, 0.25) is 0 Å². The fraction of sp³-hybridized carbons (Fsp3) is 0.308. The van der Waals surface area contributed by atoms with E-state index in [0.717, 1.165) is 12.0 Å². The van der Waals surface area contributed by atoms with Crippen LogP contribution in [0, 0.1) is 5.92 Å². The SMILES string of the molecule is O=C1C=CC(C(O)c2ccccc2)CC1. The van der Waals surface area contributed by atoms with Gasteiger partial charge in [0, 0.05) is 12.3 Å². The first-order valence-corrected chi connectivity index (χ1v) is 5.21. The molecule has 1 N–H and O–H groups in total. The van der Waals surface area contributed by atoms with Crippen LogP contribution in [-0.4, -0.2) is 10.9 Å². The molecular formula is C13H14O2. The number of rotatable bonds is 2. The normalized spacial score (nSPS) is 22.7. The van der Waals surface area contributed by atoms with Crippen LogP contribution in [0.25, 0.3) is 0 Å². The molecular weight excluding hydrogens is 188 g/mol. The third kappa shape index (κ3) is 2.34. The van der Waals surface area contributed by atoms with Crippen LogP contribution in [0.15, 0.2) is 42.5 Å². The molecule has 1 aromatic carbocycles. The van der Waals surface area contributed by atoms with E-state index in [1.807, 2.05) is 36.4 Å². The summed E-state index contributed by atoms with van der Waals surface area (Å²) in [7, 11) is 0. The van der Waals surface area contributed by atoms with Crippen LogP contribution in [0.3, 0.4) is 0 Å². The van der Waals surface area contributed by atoms with Gasteiger partial charge < -0.3 is 5.11 Å². The van der Waals surface area contributed by atoms with Crippen molar-refractivity contribution in [1.82, 2.24) is 0 Å². The first kappa shape index (κ1) is 10.1. The van der Waals surface area contributed by atoms with Crippen molar-refractivity contribution in [2.75, 3.05) is 0 Å². The molecule has 2 heteroatoms. The number of hydrogen-bond acceptors (Lipinski definition) is 2. The fourth-order valence-corrected chi connectivity index (χ4v) is 1.88. The second kappa shape index (κ2) is 4.41. The summed E-state index contributed by atoms with van der Waals surface area (Å²) in [5.74, 6) is 0.233. The lowest BCUT2D eigenvalue weighted by Crippen LogP contribution is -2.15. The molecule has 2 unspecified atom stereocenters. The van der Waals surface area contributed by atoms with Gasteiger partial charge in [-0.15, -0.1) is 0 Å². The Labute approximate surface area is 89.2 Å². The van der Waals surface area contributed by atoms with Crippen molar-refractivity contribution >= 4 is 5.78 Å². The van der Waals surface area contributed by atoms with E-state index in [4.69, 9.17) is 0 Å². The molecule has 2 nitrogen and oxygen atoms in total. The van der Waals surface area contributed by atoms with E-state index in [1.165, 1.54) is 0 Å². The molecule has 0 aliphatic heterocycles. The zero-order valence-electron chi connectivity index (χ0n) is 8.47. The predicted octanol–water partition coefficient (Wildman–Crippen LogP) is 2.26. The van der Waals surface area contributed by atoms with Gasteiger partial charge in [0.1, 0.15) is 0 Å². The van der Waals surface area contributed by atoms with Gasteiger partial charge in [0.05, 0.1) is 6.10 Å². The van der Waals surface area contributed by atoms with E-state index in [-0.39, 0.29) is 11.7 Å². The number of hydrogen-bond donors (Lipinski definition) is 1. The largest absolute Gasteiger partial charge is 0.388 e. The van der Waals surface area contributed by atoms with Crippen LogP contribution in [0.4, 0.5) is 0 Å². The molecule has 1 aliphatic carbocycles. The van der Waals surface area contributed by atoms with Crippen molar-refractivity contribution < 1.29 is 9.90 Å². The Bertz CT molecular complexity index is 367. The summed E-state index contributed by atoms with van der Waals surface area (Å²) < 4.78 is 0. The first-order valence-electron chi connectivity index (χ1n) is 5.21. The van der Waals surface area contributed by atoms with Crippen LogP contribution >= 0.6 is 0 Å². The Morgan fingerprint density at radius 1 is 1.27 bits per heavy atom. The second-order valence-corrected chi connectivity index (χ2v) is 3.88. The summed E-state index contributed by atoms with van der Waals surface area (Å²) >= 11 is 0. The Hall–Kier alpha value is -1.41. The van der Waals surface area contributed by atoms with Crippen molar-refractivity contribution in [3.63, 3.8) is 0 Å². The maximum atomic E-state index is 11.0. The van der Waals surface area contributed by atoms with Crippen molar-refractivity contribution in [3.8, 4) is 0 Å². The zero-order valence-corrected chi connectivity index (χ0v) is 8.47. The maximum Gasteiger partial charge on any atom is 0.155 e. The lowest BCUT2D eigenvalue weighted by molar-refractivity contribution is -0.115. The van der Waals surface area contributed by atoms with Gasteiger partial charge in [-0.25, -0.2) is 0 Å². The minimum atomic E-state index is -0.490. The van der Waals surface area contributed by atoms with Crippen LogP contribution in [0.5, 0.6) is 0 Å². The molecule has 0 fully saturated rings. The Balaban J connectivity index is 2.12. The van der Waals surface area contributed by atoms with Gasteiger partial charge in [0.15, 0.2) is 5.78 Å². The minimum absolute atomic E-state index is 0.0742. The van der Waals surface area contributed by atoms with E-state index >= 15 is 0 Å². The lowest BCUT2D eigenvalue weighted by atomic mass is 9.87. The molecule has 0 bridgehead atoms. The number of ketones is 1. The van der Waals surface area contributed by atoms with E-state index in [2.05, 4.69) is 0 Å². The van der Waals surface area contributed by atoms with Crippen LogP contribution < -0.4 is 0 Å². The van der Waals surface area contributed by atoms with Gasteiger partial charge in [-0.2, -0.15) is 0 Å². The fourth-order valence-electron chi connectivity index (χ4n) is 1.88. The van der Waals surface area contributed by atoms with Gasteiger partial charge in [0.25, 0.3) is 0 Å². The minimum Gasteiger partial charge on any atom is -0.388 e. The molecule has 0 amide bonds. The highest BCUT2D eigenvalue weighted by Gasteiger charge is 2.21. The van der Waals surface area contributed by atoms with Gasteiger partial charge in [-0.1, -0.05) is 36.4 Å². The highest BCUT2D eigenvalue weighted by atomic mass is 16.3. The van der Waals surface area contributed by atoms with Gasteiger partial charge in [-0.05, 0) is 18.1 Å². The molecule has 1 aliphatic rings. The Morgan fingerprint density at radius 3 is 2.60 bits per heavy atom. The Kier molecular flexibility index (Phi) is 2.97. The smallest absolute Gasteiger partial charge is 0.155 e. The number of benzene rings is 1. The zero-order chi connectivity index (χ0) is 10.7. The highest BCUT2D eigenvalue weighted by Crippen LogP contribution is 2.29. The average Bonchev–Trinajstić information content (AvgIpc) is 2.30. The summed E-state index contributed by atoms with van der Waals surface area (Å²) in [5.41, 5.74) is 0.918. The lowest BCUT2D eigenvalue weighted by Gasteiger charge is -2.22. The number of aliphatic hydroxyl groups is 1. The van der Waals surface area contributed by atoms with Crippen LogP contribution in [0.1, 0.15) is 24.5 Å². The number of carbonyl (C=O) groups is 1. The molecule has 0 heterocycles. The average molecular weight is 202 g/mol. The quantitative estimate of drug-likeness (QED) is 0.798. The third-order valence-electron chi connectivity index (χ3n) is 2.80. The molecule has 2 atom stereocenters. The third-order valence-corrected chi connectivity index (χ3v) is 2.80. The van der Waals surface area contributed by atoms with Gasteiger partial charge >= 0.3 is 0 Å². The molecule has 2 rings (SSSR count). The monoisotopic (exact) mass is 202 g/mol. The Morgan fingerprint density at radius 2 is 2.00 bits per heavy atom. The second-order valence-electron chi connectivity index (χ2n) is 3.88. The molecule has 0 radical (unpaired) electrons. The number of aliphatic hydroxyl groups excluding tert-OH is 1. The van der Waals surface area contributed by atoms with E-state index in [1.54, 1.807) is 6.08 Å². The van der Waals surface area contributed by atoms with E-state index in [9.17, 15) is 9.90 Å². The molecule has 0 saturated carbocycles. The molecule has 15 heavy (non-hydrogen) atoms.